The summed E-state index contributed by atoms with van der Waals surface area (Å²) in [5.74, 6) is -0.343. The molecule has 0 spiro atoms. The Morgan fingerprint density at radius 1 is 1.38 bits per heavy atom. The molecule has 26 heavy (non-hydrogen) atoms. The molecule has 1 aliphatic rings. The van der Waals surface area contributed by atoms with Gasteiger partial charge in [-0.15, -0.1) is 0 Å². The predicted octanol–water partition coefficient (Wildman–Crippen LogP) is 3.18. The van der Waals surface area contributed by atoms with Crippen LogP contribution >= 0.6 is 0 Å². The summed E-state index contributed by atoms with van der Waals surface area (Å²) in [6.07, 6.45) is -3.13. The highest BCUT2D eigenvalue weighted by atomic mass is 19.4. The number of ether oxygens (including phenoxy) is 1. The summed E-state index contributed by atoms with van der Waals surface area (Å²) in [4.78, 5) is 18.1. The van der Waals surface area contributed by atoms with Crippen LogP contribution in [0.3, 0.4) is 0 Å². The van der Waals surface area contributed by atoms with E-state index in [0.717, 1.165) is 17.0 Å². The summed E-state index contributed by atoms with van der Waals surface area (Å²) < 4.78 is 46.2. The van der Waals surface area contributed by atoms with Crippen LogP contribution in [0.15, 0.2) is 12.1 Å². The number of rotatable bonds is 4. The van der Waals surface area contributed by atoms with E-state index < -0.39 is 11.9 Å². The van der Waals surface area contributed by atoms with Gasteiger partial charge in [0.2, 0.25) is 5.91 Å². The van der Waals surface area contributed by atoms with Crippen molar-refractivity contribution in [3.05, 3.63) is 29.2 Å². The second-order valence-corrected chi connectivity index (χ2v) is 6.74. The van der Waals surface area contributed by atoms with Crippen molar-refractivity contribution >= 4 is 11.6 Å². The van der Waals surface area contributed by atoms with E-state index in [2.05, 4.69) is 10.1 Å². The lowest BCUT2D eigenvalue weighted by Crippen LogP contribution is -2.33. The Balaban J connectivity index is 2.07. The third-order valence-electron chi connectivity index (χ3n) is 4.53. The Morgan fingerprint density at radius 3 is 2.73 bits per heavy atom. The van der Waals surface area contributed by atoms with E-state index in [1.165, 1.54) is 7.11 Å². The molecule has 0 radical (unpaired) electrons. The van der Waals surface area contributed by atoms with Crippen LogP contribution in [0.2, 0.25) is 0 Å². The first-order valence-electron chi connectivity index (χ1n) is 8.48. The Bertz CT molecular complexity index is 816. The normalized spacial score (nSPS) is 18.3. The molecule has 1 fully saturated rings. The number of halogens is 3. The van der Waals surface area contributed by atoms with Crippen molar-refractivity contribution in [3.8, 4) is 0 Å². The van der Waals surface area contributed by atoms with E-state index in [4.69, 9.17) is 4.74 Å². The summed E-state index contributed by atoms with van der Waals surface area (Å²) in [6, 6.07) is 2.23. The highest BCUT2D eigenvalue weighted by Gasteiger charge is 2.37. The minimum absolute atomic E-state index is 0.0621. The fourth-order valence-corrected chi connectivity index (χ4v) is 3.25. The van der Waals surface area contributed by atoms with Crippen molar-refractivity contribution in [2.45, 2.75) is 44.8 Å². The molecule has 3 heterocycles. The second kappa shape index (κ2) is 6.86. The highest BCUT2D eigenvalue weighted by Crippen LogP contribution is 2.35. The smallest absolute Gasteiger partial charge is 0.375 e. The van der Waals surface area contributed by atoms with Gasteiger partial charge in [-0.05, 0) is 24.8 Å². The van der Waals surface area contributed by atoms with Crippen LogP contribution in [0.5, 0.6) is 0 Å². The number of hydrogen-bond acceptors (Lipinski definition) is 4. The first kappa shape index (κ1) is 18.6. The van der Waals surface area contributed by atoms with Gasteiger partial charge in [-0.2, -0.15) is 18.3 Å². The standard InChI is InChI=1S/C17H21F3N4O2/c1-10(2)11-7-14(17(18,19)20)24-15(21-11)8-12(22-24)13-5-4-6-23(13)16(25)9-26-3/h7-8,10,13H,4-6,9H2,1-3H3/t13-/m1/s1. The molecule has 2 aromatic rings. The van der Waals surface area contributed by atoms with Crippen LogP contribution in [-0.2, 0) is 15.7 Å². The number of methoxy groups -OCH3 is 1. The zero-order valence-electron chi connectivity index (χ0n) is 14.9. The monoisotopic (exact) mass is 370 g/mol. The molecule has 0 bridgehead atoms. The summed E-state index contributed by atoms with van der Waals surface area (Å²) in [7, 11) is 1.43. The largest absolute Gasteiger partial charge is 0.433 e. The molecule has 6 nitrogen and oxygen atoms in total. The van der Waals surface area contributed by atoms with Crippen molar-refractivity contribution in [1.29, 1.82) is 0 Å². The van der Waals surface area contributed by atoms with Crippen molar-refractivity contribution < 1.29 is 22.7 Å². The summed E-state index contributed by atoms with van der Waals surface area (Å²) in [5, 5.41) is 4.15. The number of amides is 1. The number of carbonyl (C=O) groups excluding carboxylic acids is 1. The van der Waals surface area contributed by atoms with Gasteiger partial charge in [0.1, 0.15) is 12.3 Å². The maximum absolute atomic E-state index is 13.5. The van der Waals surface area contributed by atoms with Crippen molar-refractivity contribution in [2.24, 2.45) is 0 Å². The zero-order chi connectivity index (χ0) is 19.1. The van der Waals surface area contributed by atoms with E-state index >= 15 is 0 Å². The Labute approximate surface area is 148 Å². The molecular formula is C17H21F3N4O2. The SMILES string of the molecule is COCC(=O)N1CCC[C@@H]1c1cc2nc(C(C)C)cc(C(F)(F)F)n2n1. The van der Waals surface area contributed by atoms with Gasteiger partial charge in [-0.3, -0.25) is 4.79 Å². The molecular weight excluding hydrogens is 349 g/mol. The molecule has 1 saturated heterocycles. The fourth-order valence-electron chi connectivity index (χ4n) is 3.25. The van der Waals surface area contributed by atoms with Gasteiger partial charge in [-0.25, -0.2) is 9.50 Å². The first-order chi connectivity index (χ1) is 12.2. The topological polar surface area (TPSA) is 59.7 Å². The molecule has 9 heteroatoms. The summed E-state index contributed by atoms with van der Waals surface area (Å²) in [6.45, 7) is 4.06. The van der Waals surface area contributed by atoms with Crippen molar-refractivity contribution in [2.75, 3.05) is 20.3 Å². The number of likely N-dealkylation sites (tertiary alicyclic amines) is 1. The average Bonchev–Trinajstić information content (AvgIpc) is 3.19. The summed E-state index contributed by atoms with van der Waals surface area (Å²) in [5.41, 5.74) is 0.0654. The molecule has 142 valence electrons. The number of hydrogen-bond donors (Lipinski definition) is 0. The van der Waals surface area contributed by atoms with Gasteiger partial charge < -0.3 is 9.64 Å². The lowest BCUT2D eigenvalue weighted by molar-refractivity contribution is -0.143. The van der Waals surface area contributed by atoms with E-state index in [1.807, 2.05) is 0 Å². The molecule has 0 aromatic carbocycles. The molecule has 1 atom stereocenters. The van der Waals surface area contributed by atoms with Crippen LogP contribution in [0, 0.1) is 0 Å². The van der Waals surface area contributed by atoms with E-state index in [0.29, 0.717) is 24.4 Å². The molecule has 0 unspecified atom stereocenters. The quantitative estimate of drug-likeness (QED) is 0.829. The third kappa shape index (κ3) is 3.40. The molecule has 1 amide bonds. The van der Waals surface area contributed by atoms with Gasteiger partial charge >= 0.3 is 6.18 Å². The van der Waals surface area contributed by atoms with Crippen LogP contribution < -0.4 is 0 Å². The van der Waals surface area contributed by atoms with Crippen LogP contribution in [0.1, 0.15) is 55.7 Å². The summed E-state index contributed by atoms with van der Waals surface area (Å²) >= 11 is 0. The van der Waals surface area contributed by atoms with Crippen molar-refractivity contribution in [1.82, 2.24) is 19.5 Å². The number of fused-ring (bicyclic) bond motifs is 1. The van der Waals surface area contributed by atoms with Crippen LogP contribution in [-0.4, -0.2) is 45.7 Å². The Hall–Kier alpha value is -2.16. The maximum Gasteiger partial charge on any atom is 0.433 e. The second-order valence-electron chi connectivity index (χ2n) is 6.74. The number of carbonyl (C=O) groups is 1. The van der Waals surface area contributed by atoms with Gasteiger partial charge in [0, 0.05) is 25.4 Å². The molecule has 0 aliphatic carbocycles. The lowest BCUT2D eigenvalue weighted by Gasteiger charge is -2.22. The number of alkyl halides is 3. The average molecular weight is 370 g/mol. The number of aromatic nitrogens is 3. The van der Waals surface area contributed by atoms with E-state index in [-0.39, 0.29) is 30.1 Å². The number of nitrogens with zero attached hydrogens (tertiary/aromatic N) is 4. The third-order valence-corrected chi connectivity index (χ3v) is 4.53. The first-order valence-corrected chi connectivity index (χ1v) is 8.48. The van der Waals surface area contributed by atoms with Gasteiger partial charge in [-0.1, -0.05) is 13.8 Å². The van der Waals surface area contributed by atoms with Gasteiger partial charge in [0.15, 0.2) is 5.65 Å². The van der Waals surface area contributed by atoms with E-state index in [9.17, 15) is 18.0 Å². The van der Waals surface area contributed by atoms with Gasteiger partial charge in [0.25, 0.3) is 0 Å². The van der Waals surface area contributed by atoms with Crippen molar-refractivity contribution in [3.63, 3.8) is 0 Å². The molecule has 0 saturated carbocycles. The lowest BCUT2D eigenvalue weighted by atomic mass is 10.1. The molecule has 3 rings (SSSR count). The molecule has 1 aliphatic heterocycles. The highest BCUT2D eigenvalue weighted by molar-refractivity contribution is 5.78. The van der Waals surface area contributed by atoms with E-state index in [1.54, 1.807) is 24.8 Å². The zero-order valence-corrected chi connectivity index (χ0v) is 14.9. The predicted molar refractivity (Wildman–Crippen MR) is 87.6 cm³/mol. The molecule has 0 N–H and O–H groups in total. The maximum atomic E-state index is 13.5. The Kier molecular flexibility index (Phi) is 4.92. The van der Waals surface area contributed by atoms with Crippen LogP contribution in [0.4, 0.5) is 13.2 Å². The Morgan fingerprint density at radius 2 is 2.12 bits per heavy atom. The minimum atomic E-state index is -4.55. The minimum Gasteiger partial charge on any atom is -0.375 e. The molecule has 2 aromatic heterocycles. The van der Waals surface area contributed by atoms with Gasteiger partial charge in [0.05, 0.1) is 11.7 Å². The van der Waals surface area contributed by atoms with Crippen LogP contribution in [0.25, 0.3) is 5.65 Å². The fraction of sp³-hybridized carbons (Fsp3) is 0.588.